The number of likely N-dealkylation sites (N-methyl/N-ethyl adjacent to an activating group) is 1. The van der Waals surface area contributed by atoms with Crippen LogP contribution in [0, 0.1) is 5.41 Å². The molecule has 0 aliphatic carbocycles. The van der Waals surface area contributed by atoms with E-state index in [1.165, 1.54) is 0 Å². The largest absolute Gasteiger partial charge is 0.497 e. The topological polar surface area (TPSA) is 76.8 Å². The van der Waals surface area contributed by atoms with Crippen molar-refractivity contribution >= 4 is 30.7 Å². The first kappa shape index (κ1) is 27.0. The summed E-state index contributed by atoms with van der Waals surface area (Å²) < 4.78 is 10.8. The number of rotatable bonds is 9. The molecule has 1 unspecified atom stereocenters. The van der Waals surface area contributed by atoms with Crippen molar-refractivity contribution in [3.05, 3.63) is 29.8 Å². The van der Waals surface area contributed by atoms with Gasteiger partial charge in [0.1, 0.15) is 5.75 Å². The number of hydrogen-bond donors (Lipinski definition) is 2. The Bertz CT molecular complexity index is 580. The molecular formula is C20H35Cl2N3O3. The number of nitrogens with one attached hydrogen (secondary N) is 1. The first-order chi connectivity index (χ1) is 12.6. The van der Waals surface area contributed by atoms with Gasteiger partial charge in [0, 0.05) is 26.3 Å². The van der Waals surface area contributed by atoms with Crippen molar-refractivity contribution in [2.75, 3.05) is 46.5 Å². The zero-order valence-electron chi connectivity index (χ0n) is 17.1. The van der Waals surface area contributed by atoms with E-state index in [-0.39, 0.29) is 36.8 Å². The van der Waals surface area contributed by atoms with Crippen LogP contribution in [0.1, 0.15) is 38.3 Å². The quantitative estimate of drug-likeness (QED) is 0.623. The van der Waals surface area contributed by atoms with Crippen LogP contribution in [0.15, 0.2) is 24.3 Å². The van der Waals surface area contributed by atoms with Crippen LogP contribution in [0.5, 0.6) is 5.75 Å². The second kappa shape index (κ2) is 13.2. The molecule has 1 atom stereocenters. The number of carbonyl (C=O) groups excluding carboxylic acids is 1. The minimum absolute atomic E-state index is 0. The Morgan fingerprint density at radius 2 is 1.93 bits per heavy atom. The minimum Gasteiger partial charge on any atom is -0.497 e. The number of benzene rings is 1. The third-order valence-electron chi connectivity index (χ3n) is 5.51. The molecule has 1 amide bonds. The van der Waals surface area contributed by atoms with Crippen LogP contribution in [0.3, 0.4) is 0 Å². The summed E-state index contributed by atoms with van der Waals surface area (Å²) in [5, 5.41) is 3.17. The number of nitrogens with two attached hydrogens (primary N) is 1. The van der Waals surface area contributed by atoms with Gasteiger partial charge in [0.25, 0.3) is 0 Å². The average Bonchev–Trinajstić information content (AvgIpc) is 2.71. The maximum Gasteiger partial charge on any atom is 0.227 e. The van der Waals surface area contributed by atoms with Gasteiger partial charge >= 0.3 is 0 Å². The summed E-state index contributed by atoms with van der Waals surface area (Å²) in [6.45, 7) is 8.19. The SMILES string of the molecule is CCN(CC)C(CNC(=O)C1(CN)CCOCC1)c1cccc(OC)c1.Cl.Cl. The van der Waals surface area contributed by atoms with Crippen LogP contribution in [0.4, 0.5) is 0 Å². The Kier molecular flexibility index (Phi) is 12.7. The maximum atomic E-state index is 12.9. The third-order valence-corrected chi connectivity index (χ3v) is 5.51. The Hall–Kier alpha value is -1.05. The monoisotopic (exact) mass is 435 g/mol. The van der Waals surface area contributed by atoms with Gasteiger partial charge in [-0.2, -0.15) is 0 Å². The van der Waals surface area contributed by atoms with Crippen LogP contribution in [-0.4, -0.2) is 57.3 Å². The molecule has 0 aromatic heterocycles. The van der Waals surface area contributed by atoms with Gasteiger partial charge in [-0.25, -0.2) is 0 Å². The molecular weight excluding hydrogens is 401 g/mol. The van der Waals surface area contributed by atoms with E-state index >= 15 is 0 Å². The molecule has 1 aliphatic heterocycles. The van der Waals surface area contributed by atoms with Crippen LogP contribution in [-0.2, 0) is 9.53 Å². The minimum atomic E-state index is -0.500. The summed E-state index contributed by atoms with van der Waals surface area (Å²) in [7, 11) is 1.67. The normalized spacial score (nSPS) is 16.5. The molecule has 1 aliphatic rings. The van der Waals surface area contributed by atoms with Gasteiger partial charge in [-0.3, -0.25) is 9.69 Å². The second-order valence-corrected chi connectivity index (χ2v) is 6.82. The first-order valence-electron chi connectivity index (χ1n) is 9.54. The van der Waals surface area contributed by atoms with E-state index in [9.17, 15) is 4.79 Å². The van der Waals surface area contributed by atoms with Crippen molar-refractivity contribution in [1.82, 2.24) is 10.2 Å². The standard InChI is InChI=1S/C20H33N3O3.2ClH/c1-4-23(5-2)18(16-7-6-8-17(13-16)25-3)14-22-19(24)20(15-21)9-11-26-12-10-20;;/h6-8,13,18H,4-5,9-12,14-15,21H2,1-3H3,(H,22,24);2*1H. The smallest absolute Gasteiger partial charge is 0.227 e. The molecule has 6 nitrogen and oxygen atoms in total. The van der Waals surface area contributed by atoms with Crippen molar-refractivity contribution in [3.63, 3.8) is 0 Å². The van der Waals surface area contributed by atoms with Crippen molar-refractivity contribution in [2.45, 2.75) is 32.7 Å². The third kappa shape index (κ3) is 6.49. The predicted octanol–water partition coefficient (Wildman–Crippen LogP) is 2.79. The lowest BCUT2D eigenvalue weighted by molar-refractivity contribution is -0.136. The van der Waals surface area contributed by atoms with Gasteiger partial charge in [0.05, 0.1) is 18.6 Å². The molecule has 28 heavy (non-hydrogen) atoms. The molecule has 1 aromatic rings. The summed E-state index contributed by atoms with van der Waals surface area (Å²) >= 11 is 0. The summed E-state index contributed by atoms with van der Waals surface area (Å²) in [5.74, 6) is 0.872. The summed E-state index contributed by atoms with van der Waals surface area (Å²) in [5.41, 5.74) is 6.60. The molecule has 162 valence electrons. The zero-order valence-corrected chi connectivity index (χ0v) is 18.7. The van der Waals surface area contributed by atoms with Gasteiger partial charge in [0.15, 0.2) is 0 Å². The van der Waals surface area contributed by atoms with Crippen LogP contribution < -0.4 is 15.8 Å². The van der Waals surface area contributed by atoms with Crippen molar-refractivity contribution in [1.29, 1.82) is 0 Å². The molecule has 0 saturated carbocycles. The summed E-state index contributed by atoms with van der Waals surface area (Å²) in [6, 6.07) is 8.16. The van der Waals surface area contributed by atoms with Gasteiger partial charge in [0.2, 0.25) is 5.91 Å². The van der Waals surface area contributed by atoms with Crippen molar-refractivity contribution in [3.8, 4) is 5.75 Å². The lowest BCUT2D eigenvalue weighted by atomic mass is 9.79. The average molecular weight is 436 g/mol. The highest BCUT2D eigenvalue weighted by atomic mass is 35.5. The number of amides is 1. The second-order valence-electron chi connectivity index (χ2n) is 6.82. The van der Waals surface area contributed by atoms with E-state index in [1.807, 2.05) is 18.2 Å². The van der Waals surface area contributed by atoms with Gasteiger partial charge in [-0.05, 0) is 43.6 Å². The molecule has 1 heterocycles. The molecule has 0 bridgehead atoms. The Morgan fingerprint density at radius 3 is 2.46 bits per heavy atom. The molecule has 1 fully saturated rings. The number of halogens is 2. The van der Waals surface area contributed by atoms with E-state index in [0.29, 0.717) is 39.1 Å². The zero-order chi connectivity index (χ0) is 19.0. The predicted molar refractivity (Wildman–Crippen MR) is 118 cm³/mol. The number of methoxy groups -OCH3 is 1. The summed E-state index contributed by atoms with van der Waals surface area (Å²) in [4.78, 5) is 15.3. The number of nitrogens with zero attached hydrogens (tertiary/aromatic N) is 1. The highest BCUT2D eigenvalue weighted by molar-refractivity contribution is 5.85. The highest BCUT2D eigenvalue weighted by Crippen LogP contribution is 2.30. The fourth-order valence-corrected chi connectivity index (χ4v) is 3.63. The van der Waals surface area contributed by atoms with E-state index in [4.69, 9.17) is 15.2 Å². The Labute approximate surface area is 181 Å². The lowest BCUT2D eigenvalue weighted by Gasteiger charge is -2.36. The number of hydrogen-bond acceptors (Lipinski definition) is 5. The highest BCUT2D eigenvalue weighted by Gasteiger charge is 2.39. The van der Waals surface area contributed by atoms with Gasteiger partial charge < -0.3 is 20.5 Å². The van der Waals surface area contributed by atoms with E-state index in [0.717, 1.165) is 24.4 Å². The molecule has 1 saturated heterocycles. The molecule has 8 heteroatoms. The summed E-state index contributed by atoms with van der Waals surface area (Å²) in [6.07, 6.45) is 1.37. The van der Waals surface area contributed by atoms with Crippen LogP contribution >= 0.6 is 24.8 Å². The fraction of sp³-hybridized carbons (Fsp3) is 0.650. The number of carbonyl (C=O) groups is 1. The fourth-order valence-electron chi connectivity index (χ4n) is 3.63. The Balaban J connectivity index is 0.00000364. The van der Waals surface area contributed by atoms with Crippen molar-refractivity contribution < 1.29 is 14.3 Å². The first-order valence-corrected chi connectivity index (χ1v) is 9.54. The molecule has 1 aromatic carbocycles. The van der Waals surface area contributed by atoms with E-state index < -0.39 is 5.41 Å². The maximum absolute atomic E-state index is 12.9. The van der Waals surface area contributed by atoms with Gasteiger partial charge in [-0.1, -0.05) is 26.0 Å². The van der Waals surface area contributed by atoms with Crippen molar-refractivity contribution in [2.24, 2.45) is 11.1 Å². The van der Waals surface area contributed by atoms with E-state index in [2.05, 4.69) is 30.1 Å². The number of ether oxygens (including phenoxy) is 2. The van der Waals surface area contributed by atoms with Crippen LogP contribution in [0.2, 0.25) is 0 Å². The molecule has 0 radical (unpaired) electrons. The van der Waals surface area contributed by atoms with E-state index in [1.54, 1.807) is 7.11 Å². The lowest BCUT2D eigenvalue weighted by Crippen LogP contribution is -2.50. The van der Waals surface area contributed by atoms with Crippen LogP contribution in [0.25, 0.3) is 0 Å². The Morgan fingerprint density at radius 1 is 1.29 bits per heavy atom. The molecule has 2 rings (SSSR count). The molecule has 0 spiro atoms. The van der Waals surface area contributed by atoms with Gasteiger partial charge in [-0.15, -0.1) is 24.8 Å². The molecule has 3 N–H and O–H groups in total.